The molecule has 0 saturated carbocycles. The molecular weight excluding hydrogens is 284 g/mol. The van der Waals surface area contributed by atoms with Crippen LogP contribution in [0.4, 0.5) is 4.79 Å². The van der Waals surface area contributed by atoms with Crippen molar-refractivity contribution < 1.29 is 19.1 Å². The van der Waals surface area contributed by atoms with E-state index < -0.39 is 23.6 Å². The molecule has 1 N–H and O–H groups in total. The van der Waals surface area contributed by atoms with Gasteiger partial charge in [-0.25, -0.2) is 14.5 Å². The van der Waals surface area contributed by atoms with Gasteiger partial charge in [-0.1, -0.05) is 37.3 Å². The highest BCUT2D eigenvalue weighted by molar-refractivity contribution is 6.10. The van der Waals surface area contributed by atoms with Crippen molar-refractivity contribution in [3.63, 3.8) is 0 Å². The van der Waals surface area contributed by atoms with Gasteiger partial charge in [-0.05, 0) is 18.9 Å². The van der Waals surface area contributed by atoms with Gasteiger partial charge in [0.25, 0.3) is 5.91 Å². The van der Waals surface area contributed by atoms with Gasteiger partial charge in [0.2, 0.25) is 0 Å². The Morgan fingerprint density at radius 3 is 2.50 bits per heavy atom. The van der Waals surface area contributed by atoms with Crippen molar-refractivity contribution in [1.82, 2.24) is 10.2 Å². The number of hydrogen-bond donors (Lipinski definition) is 1. The summed E-state index contributed by atoms with van der Waals surface area (Å²) >= 11 is 0. The predicted molar refractivity (Wildman–Crippen MR) is 77.7 cm³/mol. The molecular formula is C16H18N2O4. The van der Waals surface area contributed by atoms with Gasteiger partial charge in [-0.2, -0.15) is 0 Å². The highest BCUT2D eigenvalue weighted by atomic mass is 16.6. The van der Waals surface area contributed by atoms with E-state index in [1.165, 1.54) is 0 Å². The number of carbonyl (C=O) groups is 3. The van der Waals surface area contributed by atoms with E-state index in [2.05, 4.69) is 5.32 Å². The van der Waals surface area contributed by atoms with E-state index in [9.17, 15) is 14.4 Å². The molecule has 0 aromatic heterocycles. The van der Waals surface area contributed by atoms with Gasteiger partial charge >= 0.3 is 12.0 Å². The molecule has 0 bridgehead atoms. The number of nitrogens with one attached hydrogen (secondary N) is 1. The summed E-state index contributed by atoms with van der Waals surface area (Å²) in [4.78, 5) is 38.2. The Hall–Kier alpha value is -2.37. The Bertz CT molecular complexity index is 630. The smallest absolute Gasteiger partial charge is 0.329 e. The van der Waals surface area contributed by atoms with E-state index in [-0.39, 0.29) is 12.0 Å². The van der Waals surface area contributed by atoms with Crippen LogP contribution < -0.4 is 5.32 Å². The van der Waals surface area contributed by atoms with Crippen LogP contribution in [0.25, 0.3) is 0 Å². The minimum Gasteiger partial charge on any atom is -0.461 e. The fraction of sp³-hybridized carbons (Fsp3) is 0.438. The number of amides is 3. The molecule has 116 valence electrons. The van der Waals surface area contributed by atoms with Crippen molar-refractivity contribution in [2.45, 2.75) is 44.4 Å². The summed E-state index contributed by atoms with van der Waals surface area (Å²) in [6.07, 6.45) is 0.466. The molecule has 22 heavy (non-hydrogen) atoms. The zero-order valence-corrected chi connectivity index (χ0v) is 12.5. The second kappa shape index (κ2) is 5.12. The number of esters is 1. The zero-order valence-electron chi connectivity index (χ0n) is 12.5. The molecule has 2 heterocycles. The second-order valence-corrected chi connectivity index (χ2v) is 5.73. The summed E-state index contributed by atoms with van der Waals surface area (Å²) in [5.41, 5.74) is -0.387. The van der Waals surface area contributed by atoms with Crippen molar-refractivity contribution in [3.8, 4) is 0 Å². The van der Waals surface area contributed by atoms with Crippen LogP contribution in [0.15, 0.2) is 30.3 Å². The topological polar surface area (TPSA) is 75.7 Å². The molecule has 0 spiro atoms. The zero-order chi connectivity index (χ0) is 15.9. The van der Waals surface area contributed by atoms with Crippen LogP contribution in [-0.2, 0) is 19.9 Å². The molecule has 2 aliphatic rings. The summed E-state index contributed by atoms with van der Waals surface area (Å²) < 4.78 is 5.08. The maximum Gasteiger partial charge on any atom is 0.329 e. The fourth-order valence-corrected chi connectivity index (χ4v) is 3.19. The number of urea groups is 1. The molecule has 6 heteroatoms. The second-order valence-electron chi connectivity index (χ2n) is 5.73. The molecule has 0 unspecified atom stereocenters. The third kappa shape index (κ3) is 1.98. The van der Waals surface area contributed by atoms with Crippen LogP contribution in [-0.4, -0.2) is 35.0 Å². The molecule has 6 nitrogen and oxygen atoms in total. The quantitative estimate of drug-likeness (QED) is 0.679. The molecule has 2 fully saturated rings. The average Bonchev–Trinajstić information content (AvgIpc) is 2.96. The molecule has 0 aliphatic carbocycles. The lowest BCUT2D eigenvalue weighted by Gasteiger charge is -2.26. The largest absolute Gasteiger partial charge is 0.461 e. The van der Waals surface area contributed by atoms with Gasteiger partial charge in [0.1, 0.15) is 17.7 Å². The first-order valence-corrected chi connectivity index (χ1v) is 7.41. The summed E-state index contributed by atoms with van der Waals surface area (Å²) in [7, 11) is 0. The first kappa shape index (κ1) is 14.6. The Morgan fingerprint density at radius 1 is 1.27 bits per heavy atom. The van der Waals surface area contributed by atoms with Gasteiger partial charge in [-0.15, -0.1) is 0 Å². The van der Waals surface area contributed by atoms with E-state index in [1.807, 2.05) is 25.1 Å². The average molecular weight is 302 g/mol. The summed E-state index contributed by atoms with van der Waals surface area (Å²) in [6, 6.07) is 7.73. The maximum atomic E-state index is 12.9. The lowest BCUT2D eigenvalue weighted by atomic mass is 9.87. The normalized spacial score (nSPS) is 31.4. The van der Waals surface area contributed by atoms with Crippen molar-refractivity contribution in [1.29, 1.82) is 0 Å². The first-order valence-electron chi connectivity index (χ1n) is 7.41. The number of hydrogen-bond acceptors (Lipinski definition) is 4. The van der Waals surface area contributed by atoms with Crippen LogP contribution in [0.2, 0.25) is 0 Å². The molecule has 1 aromatic rings. The van der Waals surface area contributed by atoms with E-state index in [1.54, 1.807) is 19.1 Å². The van der Waals surface area contributed by atoms with Crippen LogP contribution in [0.3, 0.4) is 0 Å². The van der Waals surface area contributed by atoms with E-state index >= 15 is 0 Å². The SMILES string of the molecule is CC[C@]1(c2ccccc2)NC(=O)N([C@H]2C[C@@H](C)OC2=O)C1=O. The van der Waals surface area contributed by atoms with E-state index in [4.69, 9.17) is 4.74 Å². The fourth-order valence-electron chi connectivity index (χ4n) is 3.19. The molecule has 3 amide bonds. The first-order chi connectivity index (χ1) is 10.5. The Labute approximate surface area is 128 Å². The maximum absolute atomic E-state index is 12.9. The minimum atomic E-state index is -1.11. The van der Waals surface area contributed by atoms with Gasteiger partial charge in [-0.3, -0.25) is 4.79 Å². The monoisotopic (exact) mass is 302 g/mol. The highest BCUT2D eigenvalue weighted by Gasteiger charge is 2.56. The number of benzene rings is 1. The molecule has 3 atom stereocenters. The lowest BCUT2D eigenvalue weighted by molar-refractivity contribution is -0.148. The Balaban J connectivity index is 1.98. The summed E-state index contributed by atoms with van der Waals surface area (Å²) in [6.45, 7) is 3.59. The van der Waals surface area contributed by atoms with Crippen LogP contribution in [0, 0.1) is 0 Å². The van der Waals surface area contributed by atoms with E-state index in [0.29, 0.717) is 12.8 Å². The molecule has 1 aromatic carbocycles. The number of carbonyl (C=O) groups excluding carboxylic acids is 3. The number of nitrogens with zero attached hydrogens (tertiary/aromatic N) is 1. The Kier molecular flexibility index (Phi) is 3.39. The summed E-state index contributed by atoms with van der Waals surface area (Å²) in [5.74, 6) is -0.904. The van der Waals surface area contributed by atoms with Gasteiger partial charge in [0.05, 0.1) is 0 Å². The van der Waals surface area contributed by atoms with Crippen molar-refractivity contribution >= 4 is 17.9 Å². The standard InChI is InChI=1S/C16H18N2O4/c1-3-16(11-7-5-4-6-8-11)14(20)18(15(21)17-16)12-9-10(2)22-13(12)19/h4-8,10,12H,3,9H2,1-2H3,(H,17,21)/t10-,12+,16-/m1/s1. The third-order valence-electron chi connectivity index (χ3n) is 4.38. The number of rotatable bonds is 3. The minimum absolute atomic E-state index is 0.286. The number of imide groups is 1. The van der Waals surface area contributed by atoms with E-state index in [0.717, 1.165) is 10.5 Å². The molecule has 2 saturated heterocycles. The third-order valence-corrected chi connectivity index (χ3v) is 4.38. The van der Waals surface area contributed by atoms with Crippen LogP contribution in [0.1, 0.15) is 32.3 Å². The number of cyclic esters (lactones) is 1. The van der Waals surface area contributed by atoms with Crippen molar-refractivity contribution in [2.24, 2.45) is 0 Å². The lowest BCUT2D eigenvalue weighted by Crippen LogP contribution is -2.46. The molecule has 3 rings (SSSR count). The predicted octanol–water partition coefficient (Wildman–Crippen LogP) is 1.55. The van der Waals surface area contributed by atoms with Gasteiger partial charge in [0.15, 0.2) is 0 Å². The van der Waals surface area contributed by atoms with Crippen LogP contribution >= 0.6 is 0 Å². The highest BCUT2D eigenvalue weighted by Crippen LogP contribution is 2.35. The number of ether oxygens (including phenoxy) is 1. The Morgan fingerprint density at radius 2 is 1.95 bits per heavy atom. The molecule has 2 aliphatic heterocycles. The summed E-state index contributed by atoms with van der Waals surface area (Å²) in [5, 5.41) is 2.78. The van der Waals surface area contributed by atoms with Crippen molar-refractivity contribution in [3.05, 3.63) is 35.9 Å². The molecule has 0 radical (unpaired) electrons. The van der Waals surface area contributed by atoms with Gasteiger partial charge in [0, 0.05) is 6.42 Å². The van der Waals surface area contributed by atoms with Gasteiger partial charge < -0.3 is 10.1 Å². The van der Waals surface area contributed by atoms with Crippen molar-refractivity contribution in [2.75, 3.05) is 0 Å². The van der Waals surface area contributed by atoms with Crippen LogP contribution in [0.5, 0.6) is 0 Å².